The van der Waals surface area contributed by atoms with Crippen molar-refractivity contribution in [1.82, 2.24) is 0 Å². The molecule has 0 aliphatic carbocycles. The summed E-state index contributed by atoms with van der Waals surface area (Å²) in [5.41, 5.74) is 1.50. The summed E-state index contributed by atoms with van der Waals surface area (Å²) in [5, 5.41) is 21.4. The maximum Gasteiger partial charge on any atom is 0.303 e. The molecule has 0 aliphatic heterocycles. The molecule has 1 amide bonds. The lowest BCUT2D eigenvalue weighted by Gasteiger charge is -2.09. The Bertz CT molecular complexity index is 760. The molecule has 0 saturated carbocycles. The van der Waals surface area contributed by atoms with Crippen LogP contribution < -0.4 is 5.32 Å². The number of phenols is 1. The zero-order valence-electron chi connectivity index (χ0n) is 12.6. The van der Waals surface area contributed by atoms with E-state index in [9.17, 15) is 14.7 Å². The second-order valence-corrected chi connectivity index (χ2v) is 6.03. The molecule has 0 heterocycles. The molecule has 0 atom stereocenters. The number of nitrogens with one attached hydrogen (secondary N) is 1. The van der Waals surface area contributed by atoms with Gasteiger partial charge in [-0.2, -0.15) is 0 Å². The molecule has 0 bridgehead atoms. The van der Waals surface area contributed by atoms with E-state index in [1.807, 2.05) is 12.1 Å². The summed E-state index contributed by atoms with van der Waals surface area (Å²) in [6.45, 7) is 0. The van der Waals surface area contributed by atoms with Gasteiger partial charge in [-0.3, -0.25) is 9.59 Å². The Labute approximate surface area is 148 Å². The molecule has 2 aromatic rings. The molecule has 0 aliphatic rings. The molecule has 0 fully saturated rings. The molecule has 0 spiro atoms. The van der Waals surface area contributed by atoms with E-state index >= 15 is 0 Å². The molecule has 2 aromatic carbocycles. The van der Waals surface area contributed by atoms with Crippen LogP contribution in [-0.4, -0.2) is 22.1 Å². The quantitative estimate of drug-likeness (QED) is 0.707. The molecule has 0 aromatic heterocycles. The number of aliphatic carboxylic acids is 1. The fourth-order valence-electron chi connectivity index (χ4n) is 2.14. The number of aryl methyl sites for hydroxylation is 1. The van der Waals surface area contributed by atoms with E-state index < -0.39 is 11.9 Å². The summed E-state index contributed by atoms with van der Waals surface area (Å²) < 4.78 is 0. The molecule has 7 heteroatoms. The average Bonchev–Trinajstić information content (AvgIpc) is 2.52. The normalized spacial score (nSPS) is 10.4. The summed E-state index contributed by atoms with van der Waals surface area (Å²) in [4.78, 5) is 22.7. The molecule has 5 nitrogen and oxygen atoms in total. The number of amides is 1. The Balaban J connectivity index is 2.03. The Morgan fingerprint density at radius 1 is 1.08 bits per heavy atom. The number of carboxylic acids is 1. The van der Waals surface area contributed by atoms with Crippen LogP contribution in [0.15, 0.2) is 36.4 Å². The van der Waals surface area contributed by atoms with E-state index in [0.717, 1.165) is 5.56 Å². The lowest BCUT2D eigenvalue weighted by Crippen LogP contribution is -2.12. The van der Waals surface area contributed by atoms with Crippen LogP contribution in [0.3, 0.4) is 0 Å². The number of halogens is 2. The van der Waals surface area contributed by atoms with Crippen LogP contribution in [-0.2, 0) is 11.2 Å². The van der Waals surface area contributed by atoms with Gasteiger partial charge < -0.3 is 15.5 Å². The van der Waals surface area contributed by atoms with Gasteiger partial charge in [0.15, 0.2) is 0 Å². The first-order chi connectivity index (χ1) is 11.4. The van der Waals surface area contributed by atoms with Gasteiger partial charge in [0, 0.05) is 17.1 Å². The summed E-state index contributed by atoms with van der Waals surface area (Å²) in [6.07, 6.45) is 1.31. The van der Waals surface area contributed by atoms with Crippen molar-refractivity contribution in [1.29, 1.82) is 0 Å². The zero-order chi connectivity index (χ0) is 17.7. The predicted molar refractivity (Wildman–Crippen MR) is 93.1 cm³/mol. The number of carbonyl (C=O) groups excluding carboxylic acids is 1. The molecule has 24 heavy (non-hydrogen) atoms. The first kappa shape index (κ1) is 18.1. The van der Waals surface area contributed by atoms with Gasteiger partial charge in [-0.1, -0.05) is 35.3 Å². The third kappa shape index (κ3) is 4.88. The van der Waals surface area contributed by atoms with Gasteiger partial charge >= 0.3 is 5.97 Å². The van der Waals surface area contributed by atoms with E-state index in [1.54, 1.807) is 12.1 Å². The van der Waals surface area contributed by atoms with Crippen LogP contribution >= 0.6 is 23.2 Å². The zero-order valence-corrected chi connectivity index (χ0v) is 14.1. The Morgan fingerprint density at radius 2 is 1.75 bits per heavy atom. The molecule has 0 radical (unpaired) electrons. The third-order valence-electron chi connectivity index (χ3n) is 3.34. The number of anilines is 1. The Hall–Kier alpha value is -2.24. The minimum atomic E-state index is -0.820. The molecular weight excluding hydrogens is 353 g/mol. The van der Waals surface area contributed by atoms with Gasteiger partial charge in [0.25, 0.3) is 5.91 Å². The standard InChI is InChI=1S/C17H15Cl2NO4/c18-11-8-13(16(23)14(19)9-11)17(24)20-12-6-4-10(5-7-12)2-1-3-15(21)22/h4-9,23H,1-3H2,(H,20,24)(H,21,22). The fraction of sp³-hybridized carbons (Fsp3) is 0.176. The minimum absolute atomic E-state index is 0.00132. The first-order valence-electron chi connectivity index (χ1n) is 7.17. The molecule has 0 unspecified atom stereocenters. The highest BCUT2D eigenvalue weighted by Gasteiger charge is 2.15. The number of phenolic OH excluding ortho intramolecular Hbond substituents is 1. The third-order valence-corrected chi connectivity index (χ3v) is 3.85. The SMILES string of the molecule is O=C(O)CCCc1ccc(NC(=O)c2cc(Cl)cc(Cl)c2O)cc1. The highest BCUT2D eigenvalue weighted by molar-refractivity contribution is 6.36. The highest BCUT2D eigenvalue weighted by Crippen LogP contribution is 2.31. The van der Waals surface area contributed by atoms with Crippen LogP contribution in [0.5, 0.6) is 5.75 Å². The van der Waals surface area contributed by atoms with Crippen LogP contribution in [0, 0.1) is 0 Å². The highest BCUT2D eigenvalue weighted by atomic mass is 35.5. The molecule has 0 saturated heterocycles. The van der Waals surface area contributed by atoms with Crippen molar-refractivity contribution in [2.45, 2.75) is 19.3 Å². The van der Waals surface area contributed by atoms with Crippen LogP contribution in [0.2, 0.25) is 10.0 Å². The van der Waals surface area contributed by atoms with Crippen molar-refractivity contribution in [3.63, 3.8) is 0 Å². The van der Waals surface area contributed by atoms with Gasteiger partial charge in [-0.05, 0) is 42.7 Å². The largest absolute Gasteiger partial charge is 0.506 e. The van der Waals surface area contributed by atoms with Gasteiger partial charge in [-0.25, -0.2) is 0 Å². The van der Waals surface area contributed by atoms with Crippen molar-refractivity contribution in [3.8, 4) is 5.75 Å². The van der Waals surface area contributed by atoms with Crippen molar-refractivity contribution in [2.75, 3.05) is 5.32 Å². The monoisotopic (exact) mass is 367 g/mol. The van der Waals surface area contributed by atoms with E-state index in [2.05, 4.69) is 5.32 Å². The van der Waals surface area contributed by atoms with Crippen molar-refractivity contribution in [3.05, 3.63) is 57.6 Å². The van der Waals surface area contributed by atoms with Gasteiger partial charge in [0.1, 0.15) is 5.75 Å². The fourth-order valence-corrected chi connectivity index (χ4v) is 2.63. The van der Waals surface area contributed by atoms with Gasteiger partial charge in [0.2, 0.25) is 0 Å². The lowest BCUT2D eigenvalue weighted by molar-refractivity contribution is -0.137. The molecule has 2 rings (SSSR count). The van der Waals surface area contributed by atoms with E-state index in [1.165, 1.54) is 12.1 Å². The topological polar surface area (TPSA) is 86.6 Å². The molecule has 126 valence electrons. The van der Waals surface area contributed by atoms with E-state index in [4.69, 9.17) is 28.3 Å². The van der Waals surface area contributed by atoms with Crippen molar-refractivity contribution < 1.29 is 19.8 Å². The van der Waals surface area contributed by atoms with Crippen LogP contribution in [0.1, 0.15) is 28.8 Å². The maximum absolute atomic E-state index is 12.2. The Morgan fingerprint density at radius 3 is 2.38 bits per heavy atom. The lowest BCUT2D eigenvalue weighted by atomic mass is 10.1. The maximum atomic E-state index is 12.2. The number of carboxylic acid groups (broad SMARTS) is 1. The average molecular weight is 368 g/mol. The Kier molecular flexibility index (Phi) is 6.06. The van der Waals surface area contributed by atoms with Crippen molar-refractivity contribution >= 4 is 40.8 Å². The smallest absolute Gasteiger partial charge is 0.303 e. The summed E-state index contributed by atoms with van der Waals surface area (Å²) in [5.74, 6) is -1.68. The summed E-state index contributed by atoms with van der Waals surface area (Å²) in [7, 11) is 0. The van der Waals surface area contributed by atoms with Gasteiger partial charge in [0.05, 0.1) is 10.6 Å². The number of hydrogen-bond donors (Lipinski definition) is 3. The number of hydrogen-bond acceptors (Lipinski definition) is 3. The van der Waals surface area contributed by atoms with Crippen LogP contribution in [0.4, 0.5) is 5.69 Å². The number of rotatable bonds is 6. The summed E-state index contributed by atoms with van der Waals surface area (Å²) in [6, 6.07) is 9.71. The second kappa shape index (κ2) is 8.04. The summed E-state index contributed by atoms with van der Waals surface area (Å²) >= 11 is 11.6. The number of benzene rings is 2. The van der Waals surface area contributed by atoms with Crippen molar-refractivity contribution in [2.24, 2.45) is 0 Å². The number of carbonyl (C=O) groups is 2. The van der Waals surface area contributed by atoms with Gasteiger partial charge in [-0.15, -0.1) is 0 Å². The minimum Gasteiger partial charge on any atom is -0.506 e. The predicted octanol–water partition coefficient (Wildman–Crippen LogP) is 4.36. The first-order valence-corrected chi connectivity index (χ1v) is 7.92. The number of aromatic hydroxyl groups is 1. The molecule has 3 N–H and O–H groups in total. The molecular formula is C17H15Cl2NO4. The van der Waals surface area contributed by atoms with Crippen LogP contribution in [0.25, 0.3) is 0 Å². The second-order valence-electron chi connectivity index (χ2n) is 5.18. The van der Waals surface area contributed by atoms with E-state index in [0.29, 0.717) is 18.5 Å². The van der Waals surface area contributed by atoms with E-state index in [-0.39, 0.29) is 27.8 Å².